The van der Waals surface area contributed by atoms with E-state index in [2.05, 4.69) is 49.9 Å². The average Bonchev–Trinajstić information content (AvgIpc) is 3.38. The summed E-state index contributed by atoms with van der Waals surface area (Å²) in [6, 6.07) is 13.9. The minimum atomic E-state index is -0.176. The lowest BCUT2D eigenvalue weighted by Gasteiger charge is -2.18. The number of nitrogens with zero attached hydrogens (tertiary/aromatic N) is 3. The molecule has 7 heteroatoms. The van der Waals surface area contributed by atoms with Gasteiger partial charge in [-0.25, -0.2) is 0 Å². The fourth-order valence-corrected chi connectivity index (χ4v) is 4.74. The van der Waals surface area contributed by atoms with Gasteiger partial charge in [0.25, 0.3) is 5.56 Å². The Morgan fingerprint density at radius 3 is 2.46 bits per heavy atom. The summed E-state index contributed by atoms with van der Waals surface area (Å²) in [4.78, 5) is 18.2. The van der Waals surface area contributed by atoms with Gasteiger partial charge in [0.05, 0.1) is 18.2 Å². The smallest absolute Gasteiger partial charge is 0.291 e. The van der Waals surface area contributed by atoms with E-state index in [0.29, 0.717) is 33.4 Å². The van der Waals surface area contributed by atoms with Crippen molar-refractivity contribution in [1.29, 1.82) is 0 Å². The molecule has 0 unspecified atom stereocenters. The zero-order valence-electron chi connectivity index (χ0n) is 21.1. The van der Waals surface area contributed by atoms with Crippen molar-refractivity contribution in [3.8, 4) is 22.9 Å². The summed E-state index contributed by atoms with van der Waals surface area (Å²) in [5.41, 5.74) is 2.90. The first-order valence-corrected chi connectivity index (χ1v) is 12.9. The first kappa shape index (κ1) is 24.9. The van der Waals surface area contributed by atoms with Gasteiger partial charge in [-0.3, -0.25) is 4.79 Å². The molecule has 4 aromatic rings. The van der Waals surface area contributed by atoms with E-state index in [9.17, 15) is 4.79 Å². The molecule has 0 bridgehead atoms. The van der Waals surface area contributed by atoms with E-state index in [-0.39, 0.29) is 11.0 Å². The molecule has 35 heavy (non-hydrogen) atoms. The number of aromatic nitrogens is 3. The summed E-state index contributed by atoms with van der Waals surface area (Å²) < 4.78 is 13.4. The van der Waals surface area contributed by atoms with Crippen molar-refractivity contribution < 1.29 is 9.47 Å². The molecule has 0 radical (unpaired) electrons. The summed E-state index contributed by atoms with van der Waals surface area (Å²) >= 11 is 1.33. The highest BCUT2D eigenvalue weighted by atomic mass is 32.1. The molecule has 4 rings (SSSR count). The van der Waals surface area contributed by atoms with Crippen LogP contribution in [-0.2, 0) is 5.41 Å². The van der Waals surface area contributed by atoms with Gasteiger partial charge in [-0.05, 0) is 41.2 Å². The lowest BCUT2D eigenvalue weighted by Crippen LogP contribution is -2.23. The van der Waals surface area contributed by atoms with Crippen molar-refractivity contribution in [2.45, 2.75) is 58.8 Å². The standard InChI is InChI=1S/C28H33N3O3S/c1-6-7-8-9-16-34-22-15-10-19(17-23(22)33-5)18-24-26(32)31-27(35-24)29-25(30-31)20-11-13-21(14-12-20)28(2,3)4/h10-15,17-18H,6-9,16H2,1-5H3/b24-18-. The number of thiazole rings is 1. The van der Waals surface area contributed by atoms with E-state index in [1.807, 2.05) is 36.4 Å². The number of unbranched alkanes of at least 4 members (excludes halogenated alkanes) is 3. The van der Waals surface area contributed by atoms with E-state index in [0.717, 1.165) is 24.0 Å². The van der Waals surface area contributed by atoms with Crippen LogP contribution in [0.25, 0.3) is 22.4 Å². The summed E-state index contributed by atoms with van der Waals surface area (Å²) in [5, 5.41) is 4.48. The lowest BCUT2D eigenvalue weighted by atomic mass is 9.87. The number of hydrogen-bond donors (Lipinski definition) is 0. The van der Waals surface area contributed by atoms with Gasteiger partial charge in [0.2, 0.25) is 4.96 Å². The third kappa shape index (κ3) is 5.73. The maximum absolute atomic E-state index is 13.0. The largest absolute Gasteiger partial charge is 0.493 e. The molecule has 0 saturated carbocycles. The third-order valence-electron chi connectivity index (χ3n) is 5.93. The number of hydrogen-bond acceptors (Lipinski definition) is 6. The first-order valence-electron chi connectivity index (χ1n) is 12.1. The second-order valence-electron chi connectivity index (χ2n) is 9.69. The fraction of sp³-hybridized carbons (Fsp3) is 0.393. The highest BCUT2D eigenvalue weighted by molar-refractivity contribution is 7.15. The average molecular weight is 492 g/mol. The van der Waals surface area contributed by atoms with Crippen LogP contribution in [0, 0.1) is 0 Å². The minimum Gasteiger partial charge on any atom is -0.493 e. The molecule has 0 fully saturated rings. The van der Waals surface area contributed by atoms with Crippen molar-refractivity contribution in [3.63, 3.8) is 0 Å². The normalized spacial score (nSPS) is 12.4. The molecule has 2 heterocycles. The predicted molar refractivity (Wildman–Crippen MR) is 143 cm³/mol. The number of fused-ring (bicyclic) bond motifs is 1. The maximum Gasteiger partial charge on any atom is 0.291 e. The molecular weight excluding hydrogens is 458 g/mol. The van der Waals surface area contributed by atoms with Gasteiger partial charge in [-0.1, -0.05) is 88.6 Å². The van der Waals surface area contributed by atoms with Crippen LogP contribution in [0.1, 0.15) is 64.5 Å². The van der Waals surface area contributed by atoms with Crippen LogP contribution < -0.4 is 19.6 Å². The first-order chi connectivity index (χ1) is 16.8. The topological polar surface area (TPSA) is 65.7 Å². The summed E-state index contributed by atoms with van der Waals surface area (Å²) in [5.74, 6) is 1.93. The lowest BCUT2D eigenvalue weighted by molar-refractivity contribution is 0.285. The van der Waals surface area contributed by atoms with Crippen LogP contribution in [0.15, 0.2) is 47.3 Å². The van der Waals surface area contributed by atoms with Crippen molar-refractivity contribution in [2.75, 3.05) is 13.7 Å². The highest BCUT2D eigenvalue weighted by Crippen LogP contribution is 2.29. The quantitative estimate of drug-likeness (QED) is 0.284. The Morgan fingerprint density at radius 2 is 1.80 bits per heavy atom. The van der Waals surface area contributed by atoms with E-state index < -0.39 is 0 Å². The molecule has 2 aromatic heterocycles. The SMILES string of the molecule is CCCCCCOc1ccc(/C=c2\sc3nc(-c4ccc(C(C)(C)C)cc4)nn3c2=O)cc1OC. The van der Waals surface area contributed by atoms with Gasteiger partial charge in [-0.15, -0.1) is 5.10 Å². The molecule has 0 saturated heterocycles. The van der Waals surface area contributed by atoms with Crippen LogP contribution in [-0.4, -0.2) is 28.3 Å². The van der Waals surface area contributed by atoms with E-state index in [1.165, 1.54) is 34.3 Å². The number of benzene rings is 2. The van der Waals surface area contributed by atoms with Gasteiger partial charge in [0.15, 0.2) is 17.3 Å². The van der Waals surface area contributed by atoms with Gasteiger partial charge < -0.3 is 9.47 Å². The van der Waals surface area contributed by atoms with E-state index in [1.54, 1.807) is 7.11 Å². The second kappa shape index (κ2) is 10.6. The summed E-state index contributed by atoms with van der Waals surface area (Å²) in [7, 11) is 1.63. The Balaban J connectivity index is 1.56. The van der Waals surface area contributed by atoms with Crippen LogP contribution in [0.3, 0.4) is 0 Å². The van der Waals surface area contributed by atoms with E-state index in [4.69, 9.17) is 9.47 Å². The molecule has 6 nitrogen and oxygen atoms in total. The maximum atomic E-state index is 13.0. The molecule has 0 spiro atoms. The predicted octanol–water partition coefficient (Wildman–Crippen LogP) is 5.63. The van der Waals surface area contributed by atoms with Crippen molar-refractivity contribution >= 4 is 22.4 Å². The minimum absolute atomic E-state index is 0.0784. The van der Waals surface area contributed by atoms with E-state index >= 15 is 0 Å². The Bertz CT molecular complexity index is 1400. The number of ether oxygens (including phenoxy) is 2. The Labute approximate surface area is 210 Å². The molecule has 0 aliphatic rings. The zero-order valence-corrected chi connectivity index (χ0v) is 21.9. The van der Waals surface area contributed by atoms with Crippen LogP contribution in [0.2, 0.25) is 0 Å². The van der Waals surface area contributed by atoms with Crippen LogP contribution >= 0.6 is 11.3 Å². The van der Waals surface area contributed by atoms with Crippen LogP contribution in [0.4, 0.5) is 0 Å². The zero-order chi connectivity index (χ0) is 25.0. The monoisotopic (exact) mass is 491 g/mol. The highest BCUT2D eigenvalue weighted by Gasteiger charge is 2.16. The Kier molecular flexibility index (Phi) is 7.55. The van der Waals surface area contributed by atoms with Gasteiger partial charge >= 0.3 is 0 Å². The molecule has 0 N–H and O–H groups in total. The van der Waals surface area contributed by atoms with Crippen LogP contribution in [0.5, 0.6) is 11.5 Å². The Morgan fingerprint density at radius 1 is 1.03 bits per heavy atom. The third-order valence-corrected chi connectivity index (χ3v) is 6.89. The molecule has 0 aliphatic heterocycles. The molecule has 184 valence electrons. The second-order valence-corrected chi connectivity index (χ2v) is 10.7. The van der Waals surface area contributed by atoms with Crippen molar-refractivity contribution in [1.82, 2.24) is 14.6 Å². The summed E-state index contributed by atoms with van der Waals surface area (Å²) in [6.07, 6.45) is 6.44. The summed E-state index contributed by atoms with van der Waals surface area (Å²) in [6.45, 7) is 9.40. The molecule has 0 atom stereocenters. The van der Waals surface area contributed by atoms with Gasteiger partial charge in [0.1, 0.15) is 0 Å². The van der Waals surface area contributed by atoms with Crippen molar-refractivity contribution in [3.05, 3.63) is 68.5 Å². The van der Waals surface area contributed by atoms with Crippen molar-refractivity contribution in [2.24, 2.45) is 0 Å². The fourth-order valence-electron chi connectivity index (χ4n) is 3.83. The Hall–Kier alpha value is -3.19. The molecular formula is C28H33N3O3S. The number of methoxy groups -OCH3 is 1. The van der Waals surface area contributed by atoms with Gasteiger partial charge in [0, 0.05) is 5.56 Å². The molecule has 2 aromatic carbocycles. The number of rotatable bonds is 9. The molecule has 0 aliphatic carbocycles. The molecule has 0 amide bonds. The van der Waals surface area contributed by atoms with Gasteiger partial charge in [-0.2, -0.15) is 9.50 Å².